The van der Waals surface area contributed by atoms with Crippen molar-refractivity contribution in [1.82, 2.24) is 15.3 Å². The molecule has 0 unspecified atom stereocenters. The highest BCUT2D eigenvalue weighted by molar-refractivity contribution is 5.73. The number of benzene rings is 1. The third kappa shape index (κ3) is 3.32. The Morgan fingerprint density at radius 1 is 1.25 bits per heavy atom. The third-order valence-corrected chi connectivity index (χ3v) is 3.09. The van der Waals surface area contributed by atoms with E-state index in [4.69, 9.17) is 0 Å². The summed E-state index contributed by atoms with van der Waals surface area (Å²) in [6, 6.07) is 7.99. The molecule has 2 rings (SSSR count). The molecule has 20 heavy (non-hydrogen) atoms. The summed E-state index contributed by atoms with van der Waals surface area (Å²) in [5.41, 5.74) is 4.14. The van der Waals surface area contributed by atoms with Crippen LogP contribution in [0.3, 0.4) is 0 Å². The minimum atomic E-state index is -0.0251. The van der Waals surface area contributed by atoms with Gasteiger partial charge in [0.05, 0.1) is 5.69 Å². The van der Waals surface area contributed by atoms with Gasteiger partial charge in [0.25, 0.3) is 0 Å². The van der Waals surface area contributed by atoms with Gasteiger partial charge in [-0.15, -0.1) is 0 Å². The van der Waals surface area contributed by atoms with E-state index in [0.717, 1.165) is 28.2 Å². The molecule has 1 aromatic carbocycles. The molecule has 104 valence electrons. The standard InChI is InChI=1S/C15H18N4O/c1-10-6-12(4-5-13(10)8-17-11(2)20)14-7-15(16-3)19-9-18-14/h4-7,9H,8H2,1-3H3,(H,17,20)(H,16,18,19). The van der Waals surface area contributed by atoms with Crippen LogP contribution in [0.15, 0.2) is 30.6 Å². The zero-order chi connectivity index (χ0) is 14.5. The first-order valence-electron chi connectivity index (χ1n) is 6.44. The number of nitrogens with one attached hydrogen (secondary N) is 2. The van der Waals surface area contributed by atoms with Gasteiger partial charge in [-0.2, -0.15) is 0 Å². The van der Waals surface area contributed by atoms with Crippen LogP contribution >= 0.6 is 0 Å². The Morgan fingerprint density at radius 2 is 2.05 bits per heavy atom. The highest BCUT2D eigenvalue weighted by Gasteiger charge is 2.05. The Labute approximate surface area is 118 Å². The van der Waals surface area contributed by atoms with E-state index in [2.05, 4.69) is 26.7 Å². The van der Waals surface area contributed by atoms with Crippen LogP contribution in [-0.4, -0.2) is 22.9 Å². The minimum Gasteiger partial charge on any atom is -0.373 e. The van der Waals surface area contributed by atoms with E-state index in [1.54, 1.807) is 6.33 Å². The van der Waals surface area contributed by atoms with Gasteiger partial charge in [-0.1, -0.05) is 12.1 Å². The highest BCUT2D eigenvalue weighted by Crippen LogP contribution is 2.21. The SMILES string of the molecule is CNc1cc(-c2ccc(CNC(C)=O)c(C)c2)ncn1. The minimum absolute atomic E-state index is 0.0251. The molecule has 0 aliphatic rings. The lowest BCUT2D eigenvalue weighted by Crippen LogP contribution is -2.19. The second-order valence-corrected chi connectivity index (χ2v) is 4.59. The maximum atomic E-state index is 11.0. The van der Waals surface area contributed by atoms with Crippen molar-refractivity contribution < 1.29 is 4.79 Å². The summed E-state index contributed by atoms with van der Waals surface area (Å²) in [7, 11) is 1.83. The van der Waals surface area contributed by atoms with Gasteiger partial charge in [-0.05, 0) is 24.1 Å². The quantitative estimate of drug-likeness (QED) is 0.893. The van der Waals surface area contributed by atoms with Crippen LogP contribution in [-0.2, 0) is 11.3 Å². The molecular weight excluding hydrogens is 252 g/mol. The Kier molecular flexibility index (Phi) is 4.30. The van der Waals surface area contributed by atoms with E-state index in [0.29, 0.717) is 6.54 Å². The zero-order valence-corrected chi connectivity index (χ0v) is 11.9. The lowest BCUT2D eigenvalue weighted by Gasteiger charge is -2.09. The first-order valence-corrected chi connectivity index (χ1v) is 6.44. The van der Waals surface area contributed by atoms with E-state index >= 15 is 0 Å². The molecule has 0 atom stereocenters. The number of hydrogen-bond acceptors (Lipinski definition) is 4. The monoisotopic (exact) mass is 270 g/mol. The highest BCUT2D eigenvalue weighted by atomic mass is 16.1. The van der Waals surface area contributed by atoms with E-state index < -0.39 is 0 Å². The van der Waals surface area contributed by atoms with Crippen LogP contribution in [0, 0.1) is 6.92 Å². The molecule has 0 bridgehead atoms. The van der Waals surface area contributed by atoms with Crippen LogP contribution in [0.2, 0.25) is 0 Å². The number of nitrogens with zero attached hydrogens (tertiary/aromatic N) is 2. The van der Waals surface area contributed by atoms with Gasteiger partial charge in [0.2, 0.25) is 5.91 Å². The fourth-order valence-corrected chi connectivity index (χ4v) is 1.93. The molecule has 0 aliphatic carbocycles. The fraction of sp³-hybridized carbons (Fsp3) is 0.267. The third-order valence-electron chi connectivity index (χ3n) is 3.09. The number of aromatic nitrogens is 2. The largest absolute Gasteiger partial charge is 0.373 e. The molecule has 5 heteroatoms. The summed E-state index contributed by atoms with van der Waals surface area (Å²) >= 11 is 0. The average molecular weight is 270 g/mol. The van der Waals surface area contributed by atoms with Gasteiger partial charge in [0.1, 0.15) is 12.1 Å². The van der Waals surface area contributed by atoms with Crippen molar-refractivity contribution in [3.63, 3.8) is 0 Å². The predicted octanol–water partition coefficient (Wildman–Crippen LogP) is 2.13. The van der Waals surface area contributed by atoms with Crippen LogP contribution in [0.4, 0.5) is 5.82 Å². The van der Waals surface area contributed by atoms with Gasteiger partial charge in [-0.25, -0.2) is 9.97 Å². The maximum Gasteiger partial charge on any atom is 0.217 e. The van der Waals surface area contributed by atoms with Crippen LogP contribution in [0.1, 0.15) is 18.1 Å². The number of carbonyl (C=O) groups is 1. The average Bonchev–Trinajstić information content (AvgIpc) is 2.46. The second kappa shape index (κ2) is 6.14. The van der Waals surface area contributed by atoms with E-state index in [1.165, 1.54) is 6.92 Å². The van der Waals surface area contributed by atoms with Crippen molar-refractivity contribution in [1.29, 1.82) is 0 Å². The molecule has 0 saturated carbocycles. The normalized spacial score (nSPS) is 10.2. The first-order chi connectivity index (χ1) is 9.60. The first kappa shape index (κ1) is 14.0. The van der Waals surface area contributed by atoms with Crippen molar-refractivity contribution in [3.8, 4) is 11.3 Å². The predicted molar refractivity (Wildman–Crippen MR) is 79.3 cm³/mol. The van der Waals surface area contributed by atoms with Crippen LogP contribution in [0.25, 0.3) is 11.3 Å². The Balaban J connectivity index is 2.25. The molecule has 2 N–H and O–H groups in total. The second-order valence-electron chi connectivity index (χ2n) is 4.59. The van der Waals surface area contributed by atoms with E-state index in [1.807, 2.05) is 32.2 Å². The maximum absolute atomic E-state index is 11.0. The lowest BCUT2D eigenvalue weighted by molar-refractivity contribution is -0.119. The summed E-state index contributed by atoms with van der Waals surface area (Å²) in [5, 5.41) is 5.80. The molecule has 0 radical (unpaired) electrons. The number of rotatable bonds is 4. The van der Waals surface area contributed by atoms with Gasteiger partial charge in [-0.3, -0.25) is 4.79 Å². The summed E-state index contributed by atoms with van der Waals surface area (Å²) in [5.74, 6) is 0.762. The lowest BCUT2D eigenvalue weighted by atomic mass is 10.0. The van der Waals surface area contributed by atoms with Crippen molar-refractivity contribution in [3.05, 3.63) is 41.7 Å². The van der Waals surface area contributed by atoms with Gasteiger partial charge < -0.3 is 10.6 Å². The molecule has 1 amide bonds. The number of carbonyl (C=O) groups excluding carboxylic acids is 1. The Bertz CT molecular complexity index is 625. The summed E-state index contributed by atoms with van der Waals surface area (Å²) in [6.07, 6.45) is 1.54. The number of hydrogen-bond donors (Lipinski definition) is 2. The number of anilines is 1. The molecule has 0 spiro atoms. The van der Waals surface area contributed by atoms with Gasteiger partial charge >= 0.3 is 0 Å². The Hall–Kier alpha value is -2.43. The molecule has 0 fully saturated rings. The Morgan fingerprint density at radius 3 is 2.70 bits per heavy atom. The van der Waals surface area contributed by atoms with Crippen LogP contribution in [0.5, 0.6) is 0 Å². The molecular formula is C15H18N4O. The summed E-state index contributed by atoms with van der Waals surface area (Å²) in [6.45, 7) is 4.09. The molecule has 1 aromatic heterocycles. The molecule has 0 saturated heterocycles. The van der Waals surface area contributed by atoms with E-state index in [9.17, 15) is 4.79 Å². The van der Waals surface area contributed by atoms with Crippen molar-refractivity contribution in [2.75, 3.05) is 12.4 Å². The van der Waals surface area contributed by atoms with Crippen molar-refractivity contribution >= 4 is 11.7 Å². The van der Waals surface area contributed by atoms with Crippen molar-refractivity contribution in [2.24, 2.45) is 0 Å². The zero-order valence-electron chi connectivity index (χ0n) is 11.9. The topological polar surface area (TPSA) is 66.9 Å². The summed E-state index contributed by atoms with van der Waals surface area (Å²) < 4.78 is 0. The van der Waals surface area contributed by atoms with Crippen LogP contribution < -0.4 is 10.6 Å². The van der Waals surface area contributed by atoms with Gasteiger partial charge in [0.15, 0.2) is 0 Å². The van der Waals surface area contributed by atoms with E-state index in [-0.39, 0.29) is 5.91 Å². The molecule has 1 heterocycles. The molecule has 2 aromatic rings. The number of aryl methyl sites for hydroxylation is 1. The molecule has 0 aliphatic heterocycles. The molecule has 5 nitrogen and oxygen atoms in total. The fourth-order valence-electron chi connectivity index (χ4n) is 1.93. The smallest absolute Gasteiger partial charge is 0.217 e. The number of amides is 1. The van der Waals surface area contributed by atoms with Crippen molar-refractivity contribution in [2.45, 2.75) is 20.4 Å². The van der Waals surface area contributed by atoms with Gasteiger partial charge in [0, 0.05) is 32.1 Å². The summed E-state index contributed by atoms with van der Waals surface area (Å²) in [4.78, 5) is 19.3.